The molecule has 1 atom stereocenters. The smallest absolute Gasteiger partial charge is 0.379 e. The van der Waals surface area contributed by atoms with E-state index in [9.17, 15) is 27.9 Å². The normalized spacial score (nSPS) is 17.9. The summed E-state index contributed by atoms with van der Waals surface area (Å²) in [6, 6.07) is 1.51. The molecule has 122 valence electrons. The van der Waals surface area contributed by atoms with E-state index in [4.69, 9.17) is 0 Å². The molecule has 22 heavy (non-hydrogen) atoms. The third-order valence-electron chi connectivity index (χ3n) is 3.67. The van der Waals surface area contributed by atoms with Gasteiger partial charge in [-0.1, -0.05) is 0 Å². The third kappa shape index (κ3) is 3.32. The zero-order valence-corrected chi connectivity index (χ0v) is 12.2. The van der Waals surface area contributed by atoms with E-state index in [-0.39, 0.29) is 11.6 Å². The van der Waals surface area contributed by atoms with Crippen molar-refractivity contribution in [3.05, 3.63) is 33.7 Å². The first kappa shape index (κ1) is 16.5. The number of alkyl halides is 3. The summed E-state index contributed by atoms with van der Waals surface area (Å²) in [5.41, 5.74) is -3.14. The second-order valence-corrected chi connectivity index (χ2v) is 5.79. The van der Waals surface area contributed by atoms with Crippen LogP contribution in [-0.4, -0.2) is 33.9 Å². The molecule has 0 spiro atoms. The molecule has 1 amide bonds. The van der Waals surface area contributed by atoms with Crippen molar-refractivity contribution in [2.24, 2.45) is 0 Å². The summed E-state index contributed by atoms with van der Waals surface area (Å²) >= 11 is 0. The predicted molar refractivity (Wildman–Crippen MR) is 72.7 cm³/mol. The van der Waals surface area contributed by atoms with Gasteiger partial charge in [0.25, 0.3) is 5.91 Å². The van der Waals surface area contributed by atoms with Crippen LogP contribution in [0.2, 0.25) is 0 Å². The van der Waals surface area contributed by atoms with Gasteiger partial charge in [-0.25, -0.2) is 0 Å². The van der Waals surface area contributed by atoms with Gasteiger partial charge in [-0.15, -0.1) is 0 Å². The van der Waals surface area contributed by atoms with Gasteiger partial charge in [0.15, 0.2) is 11.0 Å². The number of rotatable bonds is 4. The molecule has 0 bridgehead atoms. The van der Waals surface area contributed by atoms with Gasteiger partial charge >= 0.3 is 6.18 Å². The summed E-state index contributed by atoms with van der Waals surface area (Å²) in [7, 11) is 0. The van der Waals surface area contributed by atoms with Crippen molar-refractivity contribution in [2.75, 3.05) is 6.54 Å². The van der Waals surface area contributed by atoms with E-state index >= 15 is 0 Å². The minimum absolute atomic E-state index is 0.226. The Bertz CT molecular complexity index is 646. The van der Waals surface area contributed by atoms with Gasteiger partial charge in [0.05, 0.1) is 6.54 Å². The number of nitrogens with one attached hydrogen (secondary N) is 1. The van der Waals surface area contributed by atoms with Crippen LogP contribution in [0.5, 0.6) is 0 Å². The fourth-order valence-electron chi connectivity index (χ4n) is 2.01. The molecule has 1 aromatic rings. The van der Waals surface area contributed by atoms with Crippen molar-refractivity contribution in [1.29, 1.82) is 0 Å². The van der Waals surface area contributed by atoms with Crippen LogP contribution in [0.1, 0.15) is 41.9 Å². The zero-order chi connectivity index (χ0) is 16.7. The van der Waals surface area contributed by atoms with Gasteiger partial charge in [-0.05, 0) is 26.7 Å². The molecular formula is C14H17F3N2O3. The monoisotopic (exact) mass is 318 g/mol. The average molecular weight is 318 g/mol. The van der Waals surface area contributed by atoms with E-state index in [1.807, 2.05) is 5.32 Å². The Morgan fingerprint density at radius 3 is 2.55 bits per heavy atom. The van der Waals surface area contributed by atoms with Crippen molar-refractivity contribution in [1.82, 2.24) is 9.88 Å². The molecular weight excluding hydrogens is 301 g/mol. The molecule has 0 aliphatic heterocycles. The summed E-state index contributed by atoms with van der Waals surface area (Å²) in [5.74, 6) is -0.927. The highest BCUT2D eigenvalue weighted by atomic mass is 19.4. The van der Waals surface area contributed by atoms with Gasteiger partial charge in [-0.2, -0.15) is 13.2 Å². The van der Waals surface area contributed by atoms with Crippen LogP contribution in [-0.2, 0) is 0 Å². The first-order valence-electron chi connectivity index (χ1n) is 6.83. The summed E-state index contributed by atoms with van der Waals surface area (Å²) < 4.78 is 39.4. The number of hydrogen-bond acceptors (Lipinski definition) is 3. The Balaban J connectivity index is 2.17. The average Bonchev–Trinajstić information content (AvgIpc) is 3.19. The molecule has 0 radical (unpaired) electrons. The van der Waals surface area contributed by atoms with E-state index in [0.29, 0.717) is 12.6 Å². The van der Waals surface area contributed by atoms with Crippen LogP contribution < -0.4 is 10.7 Å². The lowest BCUT2D eigenvalue weighted by Crippen LogP contribution is -2.51. The van der Waals surface area contributed by atoms with Crippen molar-refractivity contribution >= 4 is 5.91 Å². The first-order valence-corrected chi connectivity index (χ1v) is 6.83. The van der Waals surface area contributed by atoms with Crippen LogP contribution in [0.25, 0.3) is 0 Å². The van der Waals surface area contributed by atoms with Gasteiger partial charge in [0.1, 0.15) is 5.56 Å². The second-order valence-electron chi connectivity index (χ2n) is 5.79. The fraction of sp³-hybridized carbons (Fsp3) is 0.571. The number of aryl methyl sites for hydroxylation is 1. The van der Waals surface area contributed by atoms with Crippen molar-refractivity contribution in [3.8, 4) is 0 Å². The molecule has 1 heterocycles. The zero-order valence-electron chi connectivity index (χ0n) is 12.2. The van der Waals surface area contributed by atoms with Crippen molar-refractivity contribution in [3.63, 3.8) is 0 Å². The number of hydrogen-bond donors (Lipinski definition) is 2. The second kappa shape index (κ2) is 5.42. The number of aromatic nitrogens is 1. The Hall–Kier alpha value is -1.83. The standard InChI is InChI=1S/C14H17F3N2O3/c1-8-5-11(20)10(6-19(8)9-3-4-9)12(21)18-7-13(2,22)14(15,16)17/h5-6,9,22H,3-4,7H2,1-2H3,(H,18,21). The number of carbonyl (C=O) groups excluding carboxylic acids is 1. The number of halogens is 3. The van der Waals surface area contributed by atoms with Crippen LogP contribution >= 0.6 is 0 Å². The highest BCUT2D eigenvalue weighted by Crippen LogP contribution is 2.35. The molecule has 1 saturated carbocycles. The highest BCUT2D eigenvalue weighted by Gasteiger charge is 2.50. The predicted octanol–water partition coefficient (Wildman–Crippen LogP) is 1.53. The topological polar surface area (TPSA) is 71.3 Å². The maximum absolute atomic E-state index is 12.5. The Labute approximate surface area is 124 Å². The maximum Gasteiger partial charge on any atom is 0.418 e. The van der Waals surface area contributed by atoms with Crippen LogP contribution in [0, 0.1) is 6.92 Å². The van der Waals surface area contributed by atoms with E-state index in [2.05, 4.69) is 0 Å². The number of nitrogens with zero attached hydrogens (tertiary/aromatic N) is 1. The van der Waals surface area contributed by atoms with Crippen molar-refractivity contribution in [2.45, 2.75) is 44.5 Å². The largest absolute Gasteiger partial charge is 0.418 e. The lowest BCUT2D eigenvalue weighted by atomic mass is 10.1. The molecule has 1 unspecified atom stereocenters. The van der Waals surface area contributed by atoms with Crippen LogP contribution in [0.15, 0.2) is 17.1 Å². The van der Waals surface area contributed by atoms with E-state index in [1.54, 1.807) is 11.5 Å². The SMILES string of the molecule is Cc1cc(=O)c(C(=O)NCC(C)(O)C(F)(F)F)cn1C1CC1. The minimum atomic E-state index is -4.87. The van der Waals surface area contributed by atoms with Crippen molar-refractivity contribution < 1.29 is 23.1 Å². The minimum Gasteiger partial charge on any atom is -0.379 e. The molecule has 1 aromatic heterocycles. The van der Waals surface area contributed by atoms with Gasteiger partial charge in [-0.3, -0.25) is 9.59 Å². The number of aliphatic hydroxyl groups is 1. The molecule has 0 aromatic carbocycles. The van der Waals surface area contributed by atoms with E-state index < -0.39 is 29.7 Å². The van der Waals surface area contributed by atoms with Crippen LogP contribution in [0.4, 0.5) is 13.2 Å². The first-order chi connectivity index (χ1) is 10.0. The van der Waals surface area contributed by atoms with Gasteiger partial charge < -0.3 is 15.0 Å². The molecule has 1 aliphatic carbocycles. The molecule has 5 nitrogen and oxygen atoms in total. The molecule has 8 heteroatoms. The summed E-state index contributed by atoms with van der Waals surface area (Å²) in [6.07, 6.45) is -1.63. The van der Waals surface area contributed by atoms with E-state index in [1.165, 1.54) is 12.3 Å². The lowest BCUT2D eigenvalue weighted by molar-refractivity contribution is -0.249. The molecule has 1 fully saturated rings. The Morgan fingerprint density at radius 2 is 2.05 bits per heavy atom. The number of amides is 1. The molecule has 2 N–H and O–H groups in total. The Morgan fingerprint density at radius 1 is 1.45 bits per heavy atom. The van der Waals surface area contributed by atoms with Gasteiger partial charge in [0.2, 0.25) is 0 Å². The lowest BCUT2D eigenvalue weighted by Gasteiger charge is -2.26. The summed E-state index contributed by atoms with van der Waals surface area (Å²) in [4.78, 5) is 23.8. The van der Waals surface area contributed by atoms with E-state index in [0.717, 1.165) is 12.8 Å². The highest BCUT2D eigenvalue weighted by molar-refractivity contribution is 5.93. The fourth-order valence-corrected chi connectivity index (χ4v) is 2.01. The third-order valence-corrected chi connectivity index (χ3v) is 3.67. The van der Waals surface area contributed by atoms with Crippen LogP contribution in [0.3, 0.4) is 0 Å². The molecule has 1 aliphatic rings. The molecule has 2 rings (SSSR count). The summed E-state index contributed by atoms with van der Waals surface area (Å²) in [6.45, 7) is 1.27. The number of pyridine rings is 1. The van der Waals surface area contributed by atoms with Gasteiger partial charge in [0, 0.05) is 24.0 Å². The quantitative estimate of drug-likeness (QED) is 0.884. The Kier molecular flexibility index (Phi) is 4.08. The molecule has 0 saturated heterocycles. The maximum atomic E-state index is 12.5. The summed E-state index contributed by atoms with van der Waals surface area (Å²) in [5, 5.41) is 11.3. The number of carbonyl (C=O) groups is 1.